The molecule has 0 saturated heterocycles. The van der Waals surface area contributed by atoms with E-state index in [1.54, 1.807) is 30.5 Å². The summed E-state index contributed by atoms with van der Waals surface area (Å²) in [5.41, 5.74) is 1.55. The van der Waals surface area contributed by atoms with E-state index < -0.39 is 0 Å². The van der Waals surface area contributed by atoms with E-state index in [-0.39, 0.29) is 5.78 Å². The van der Waals surface area contributed by atoms with Gasteiger partial charge in [0.1, 0.15) is 11.5 Å². The average Bonchev–Trinajstić information content (AvgIpc) is 2.41. The highest BCUT2D eigenvalue weighted by atomic mass is 16.5. The summed E-state index contributed by atoms with van der Waals surface area (Å²) in [7, 11) is 0. The van der Waals surface area contributed by atoms with Crippen LogP contribution in [0.2, 0.25) is 0 Å². The van der Waals surface area contributed by atoms with Crippen LogP contribution >= 0.6 is 0 Å². The lowest BCUT2D eigenvalue weighted by atomic mass is 10.1. The van der Waals surface area contributed by atoms with Gasteiger partial charge >= 0.3 is 0 Å². The van der Waals surface area contributed by atoms with Crippen molar-refractivity contribution in [2.75, 3.05) is 0 Å². The Morgan fingerprint density at radius 3 is 2.56 bits per heavy atom. The van der Waals surface area contributed by atoms with E-state index >= 15 is 0 Å². The van der Waals surface area contributed by atoms with Gasteiger partial charge in [-0.2, -0.15) is 0 Å². The van der Waals surface area contributed by atoms with Crippen LogP contribution < -0.4 is 4.74 Å². The van der Waals surface area contributed by atoms with Crippen LogP contribution in [0.15, 0.2) is 42.6 Å². The molecule has 1 aromatic heterocycles. The van der Waals surface area contributed by atoms with E-state index in [0.29, 0.717) is 17.7 Å². The summed E-state index contributed by atoms with van der Waals surface area (Å²) in [6, 6.07) is 10.9. The minimum Gasteiger partial charge on any atom is -0.455 e. The molecule has 0 unspecified atom stereocenters. The summed E-state index contributed by atoms with van der Waals surface area (Å²) in [5.74, 6) is 1.57. The van der Waals surface area contributed by atoms with Crippen LogP contribution in [0.3, 0.4) is 0 Å². The normalized spacial score (nSPS) is 10.1. The summed E-state index contributed by atoms with van der Waals surface area (Å²) >= 11 is 0. The smallest absolute Gasteiger partial charge is 0.162 e. The van der Waals surface area contributed by atoms with Gasteiger partial charge in [0.05, 0.1) is 5.69 Å². The van der Waals surface area contributed by atoms with E-state index in [4.69, 9.17) is 4.74 Å². The second-order valence-electron chi connectivity index (χ2n) is 3.99. The average molecular weight is 241 g/mol. The Bertz CT molecular complexity index is 547. The number of ketones is 1. The number of carbonyl (C=O) groups is 1. The molecule has 2 rings (SSSR count). The Morgan fingerprint density at radius 1 is 1.22 bits per heavy atom. The number of rotatable bonds is 4. The molecule has 0 amide bonds. The molecular weight excluding hydrogens is 226 g/mol. The van der Waals surface area contributed by atoms with Crippen LogP contribution in [0.25, 0.3) is 0 Å². The molecule has 2 aromatic rings. The fourth-order valence-corrected chi connectivity index (χ4v) is 1.62. The fraction of sp³-hybridized carbons (Fsp3) is 0.200. The van der Waals surface area contributed by atoms with Gasteiger partial charge in [-0.05, 0) is 43.3 Å². The van der Waals surface area contributed by atoms with Gasteiger partial charge < -0.3 is 4.74 Å². The first-order valence-electron chi connectivity index (χ1n) is 5.93. The highest BCUT2D eigenvalue weighted by Crippen LogP contribution is 2.23. The Balaban J connectivity index is 2.16. The molecule has 3 heteroatoms. The number of hydrogen-bond acceptors (Lipinski definition) is 3. The highest BCUT2D eigenvalue weighted by Gasteiger charge is 2.04. The van der Waals surface area contributed by atoms with E-state index in [2.05, 4.69) is 4.98 Å². The number of benzene rings is 1. The van der Waals surface area contributed by atoms with E-state index in [0.717, 1.165) is 11.4 Å². The molecule has 0 saturated carbocycles. The summed E-state index contributed by atoms with van der Waals surface area (Å²) in [6.07, 6.45) is 2.24. The van der Waals surface area contributed by atoms with Gasteiger partial charge in [-0.25, -0.2) is 0 Å². The van der Waals surface area contributed by atoms with Crippen molar-refractivity contribution in [1.29, 1.82) is 0 Å². The predicted molar refractivity (Wildman–Crippen MR) is 70.1 cm³/mol. The lowest BCUT2D eigenvalue weighted by Crippen LogP contribution is -1.96. The van der Waals surface area contributed by atoms with Crippen molar-refractivity contribution in [3.63, 3.8) is 0 Å². The predicted octanol–water partition coefficient (Wildman–Crippen LogP) is 3.78. The molecule has 3 nitrogen and oxygen atoms in total. The van der Waals surface area contributed by atoms with Crippen molar-refractivity contribution in [3.05, 3.63) is 53.9 Å². The van der Waals surface area contributed by atoms with Crippen molar-refractivity contribution < 1.29 is 9.53 Å². The lowest BCUT2D eigenvalue weighted by molar-refractivity contribution is 0.0988. The van der Waals surface area contributed by atoms with Crippen molar-refractivity contribution in [2.45, 2.75) is 20.3 Å². The summed E-state index contributed by atoms with van der Waals surface area (Å²) < 4.78 is 5.70. The zero-order valence-corrected chi connectivity index (χ0v) is 10.5. The number of pyridine rings is 1. The van der Waals surface area contributed by atoms with Crippen LogP contribution in [-0.2, 0) is 0 Å². The first-order valence-corrected chi connectivity index (χ1v) is 5.93. The molecule has 0 aliphatic rings. The molecular formula is C15H15NO2. The van der Waals surface area contributed by atoms with Gasteiger partial charge in [0, 0.05) is 18.2 Å². The van der Waals surface area contributed by atoms with E-state index in [1.807, 2.05) is 26.0 Å². The quantitative estimate of drug-likeness (QED) is 0.765. The zero-order valence-electron chi connectivity index (χ0n) is 10.5. The molecule has 18 heavy (non-hydrogen) atoms. The van der Waals surface area contributed by atoms with Crippen LogP contribution in [0.4, 0.5) is 0 Å². The third-order valence-electron chi connectivity index (χ3n) is 2.68. The van der Waals surface area contributed by atoms with Gasteiger partial charge in [0.25, 0.3) is 0 Å². The summed E-state index contributed by atoms with van der Waals surface area (Å²) in [5, 5.41) is 0. The second-order valence-corrected chi connectivity index (χ2v) is 3.99. The first kappa shape index (κ1) is 12.3. The van der Waals surface area contributed by atoms with Crippen molar-refractivity contribution in [3.8, 4) is 11.5 Å². The minimum atomic E-state index is 0.138. The maximum absolute atomic E-state index is 11.5. The standard InChI is InChI=1S/C15H15NO2/c1-3-14(17)12-6-8-13(9-7-12)18-15-5-4-10-16-11(15)2/h4-10H,3H2,1-2H3. The summed E-state index contributed by atoms with van der Waals surface area (Å²) in [6.45, 7) is 3.75. The first-order chi connectivity index (χ1) is 8.70. The van der Waals surface area contributed by atoms with Crippen molar-refractivity contribution in [1.82, 2.24) is 4.98 Å². The summed E-state index contributed by atoms with van der Waals surface area (Å²) in [4.78, 5) is 15.6. The molecule has 0 aliphatic carbocycles. The molecule has 0 atom stereocenters. The molecule has 0 aliphatic heterocycles. The Kier molecular flexibility index (Phi) is 3.72. The maximum Gasteiger partial charge on any atom is 0.162 e. The SMILES string of the molecule is CCC(=O)c1ccc(Oc2cccnc2C)cc1. The van der Waals surface area contributed by atoms with E-state index in [1.165, 1.54) is 0 Å². The Hall–Kier alpha value is -2.16. The number of aromatic nitrogens is 1. The Morgan fingerprint density at radius 2 is 1.94 bits per heavy atom. The monoisotopic (exact) mass is 241 g/mol. The third kappa shape index (κ3) is 2.74. The van der Waals surface area contributed by atoms with Gasteiger partial charge in [-0.3, -0.25) is 9.78 Å². The van der Waals surface area contributed by atoms with Crippen LogP contribution in [-0.4, -0.2) is 10.8 Å². The largest absolute Gasteiger partial charge is 0.455 e. The van der Waals surface area contributed by atoms with Gasteiger partial charge in [-0.1, -0.05) is 6.92 Å². The molecule has 0 spiro atoms. The topological polar surface area (TPSA) is 39.2 Å². The van der Waals surface area contributed by atoms with Gasteiger partial charge in [0.2, 0.25) is 0 Å². The van der Waals surface area contributed by atoms with Gasteiger partial charge in [-0.15, -0.1) is 0 Å². The number of carbonyl (C=O) groups excluding carboxylic acids is 1. The lowest BCUT2D eigenvalue weighted by Gasteiger charge is -2.07. The Labute approximate surface area is 106 Å². The number of ether oxygens (including phenoxy) is 1. The van der Waals surface area contributed by atoms with Crippen LogP contribution in [0.5, 0.6) is 11.5 Å². The highest BCUT2D eigenvalue weighted by molar-refractivity contribution is 5.95. The fourth-order valence-electron chi connectivity index (χ4n) is 1.62. The van der Waals surface area contributed by atoms with Crippen LogP contribution in [0, 0.1) is 6.92 Å². The van der Waals surface area contributed by atoms with Gasteiger partial charge in [0.15, 0.2) is 5.78 Å². The number of nitrogens with zero attached hydrogens (tertiary/aromatic N) is 1. The third-order valence-corrected chi connectivity index (χ3v) is 2.68. The second kappa shape index (κ2) is 5.45. The molecule has 0 fully saturated rings. The molecule has 92 valence electrons. The zero-order chi connectivity index (χ0) is 13.0. The number of aryl methyl sites for hydroxylation is 1. The molecule has 0 radical (unpaired) electrons. The molecule has 1 aromatic carbocycles. The van der Waals surface area contributed by atoms with Crippen molar-refractivity contribution >= 4 is 5.78 Å². The van der Waals surface area contributed by atoms with E-state index in [9.17, 15) is 4.79 Å². The minimum absolute atomic E-state index is 0.138. The maximum atomic E-state index is 11.5. The number of hydrogen-bond donors (Lipinski definition) is 0. The molecule has 0 N–H and O–H groups in total. The number of Topliss-reactive ketones (excluding diaryl/α,β-unsaturated/α-hetero) is 1. The molecule has 1 heterocycles. The molecule has 0 bridgehead atoms. The van der Waals surface area contributed by atoms with Crippen LogP contribution in [0.1, 0.15) is 29.4 Å². The van der Waals surface area contributed by atoms with Crippen molar-refractivity contribution in [2.24, 2.45) is 0 Å².